The summed E-state index contributed by atoms with van der Waals surface area (Å²) in [5.41, 5.74) is 0.230. The summed E-state index contributed by atoms with van der Waals surface area (Å²) in [5.74, 6) is -1.61. The molecule has 0 spiro atoms. The predicted molar refractivity (Wildman–Crippen MR) is 68.7 cm³/mol. The molecule has 2 rings (SSSR count). The van der Waals surface area contributed by atoms with Crippen molar-refractivity contribution in [1.82, 2.24) is 0 Å². The third-order valence-corrected chi connectivity index (χ3v) is 3.80. The molecule has 0 fully saturated rings. The minimum Gasteiger partial charge on any atom is -0.294 e. The molecule has 0 radical (unpaired) electrons. The van der Waals surface area contributed by atoms with Crippen LogP contribution >= 0.6 is 34.5 Å². The number of carbonyl (C=O) groups excluding carboxylic acids is 1. The first-order valence-corrected chi connectivity index (χ1v) is 6.46. The summed E-state index contributed by atoms with van der Waals surface area (Å²) in [6.07, 6.45) is -0.254. The van der Waals surface area contributed by atoms with Gasteiger partial charge < -0.3 is 0 Å². The van der Waals surface area contributed by atoms with Crippen LogP contribution in [0.3, 0.4) is 0 Å². The maximum absolute atomic E-state index is 13.4. The van der Waals surface area contributed by atoms with Crippen molar-refractivity contribution in [3.05, 3.63) is 55.7 Å². The zero-order chi connectivity index (χ0) is 13.3. The molecule has 0 unspecified atom stereocenters. The highest BCUT2D eigenvalue weighted by Gasteiger charge is 2.16. The van der Waals surface area contributed by atoms with E-state index in [4.69, 9.17) is 23.2 Å². The Morgan fingerprint density at radius 2 is 1.94 bits per heavy atom. The van der Waals surface area contributed by atoms with Crippen LogP contribution in [0.1, 0.15) is 15.9 Å². The van der Waals surface area contributed by atoms with Gasteiger partial charge in [0.15, 0.2) is 5.78 Å². The Labute approximate surface area is 116 Å². The van der Waals surface area contributed by atoms with Gasteiger partial charge in [-0.2, -0.15) is 0 Å². The molecule has 6 heteroatoms. The Bertz CT molecular complexity index is 610. The second kappa shape index (κ2) is 5.34. The minimum absolute atomic E-state index is 0.00149. The highest BCUT2D eigenvalue weighted by Crippen LogP contribution is 2.32. The molecule has 0 aliphatic carbocycles. The third kappa shape index (κ3) is 2.88. The Kier molecular flexibility index (Phi) is 4.00. The first kappa shape index (κ1) is 13.5. The lowest BCUT2D eigenvalue weighted by Crippen LogP contribution is -2.05. The molecular weight excluding hydrogens is 301 g/mol. The normalized spacial score (nSPS) is 10.7. The van der Waals surface area contributed by atoms with E-state index in [1.54, 1.807) is 0 Å². The Morgan fingerprint density at radius 1 is 1.22 bits per heavy atom. The summed E-state index contributed by atoms with van der Waals surface area (Å²) < 4.78 is 27.0. The second-order valence-electron chi connectivity index (χ2n) is 3.57. The SMILES string of the molecule is O=C(Cc1cc(F)ccc1F)c1cc(Cl)sc1Cl. The molecule has 0 saturated heterocycles. The summed E-state index contributed by atoms with van der Waals surface area (Å²) in [7, 11) is 0. The standard InChI is InChI=1S/C12H6Cl2F2OS/c13-11-5-8(12(14)18-11)10(17)4-6-3-7(15)1-2-9(6)16/h1-3,5H,4H2. The van der Waals surface area contributed by atoms with Gasteiger partial charge in [0.1, 0.15) is 16.0 Å². The Morgan fingerprint density at radius 3 is 2.56 bits per heavy atom. The quantitative estimate of drug-likeness (QED) is 0.747. The molecule has 0 aliphatic rings. The first-order valence-electron chi connectivity index (χ1n) is 4.89. The van der Waals surface area contributed by atoms with Gasteiger partial charge in [-0.25, -0.2) is 8.78 Å². The van der Waals surface area contributed by atoms with E-state index in [2.05, 4.69) is 0 Å². The highest BCUT2D eigenvalue weighted by molar-refractivity contribution is 7.20. The highest BCUT2D eigenvalue weighted by atomic mass is 35.5. The zero-order valence-electron chi connectivity index (χ0n) is 8.84. The molecular formula is C12H6Cl2F2OS. The van der Waals surface area contributed by atoms with Gasteiger partial charge in [0.2, 0.25) is 0 Å². The number of rotatable bonds is 3. The number of Topliss-reactive ketones (excluding diaryl/α,β-unsaturated/α-hetero) is 1. The van der Waals surface area contributed by atoms with Crippen molar-refractivity contribution < 1.29 is 13.6 Å². The van der Waals surface area contributed by atoms with Gasteiger partial charge in [-0.1, -0.05) is 23.2 Å². The zero-order valence-corrected chi connectivity index (χ0v) is 11.2. The fourth-order valence-electron chi connectivity index (χ4n) is 1.48. The van der Waals surface area contributed by atoms with Gasteiger partial charge in [0.05, 0.1) is 4.34 Å². The van der Waals surface area contributed by atoms with Crippen LogP contribution in [0.2, 0.25) is 8.67 Å². The van der Waals surface area contributed by atoms with E-state index in [9.17, 15) is 13.6 Å². The van der Waals surface area contributed by atoms with Crippen LogP contribution in [-0.4, -0.2) is 5.78 Å². The molecule has 0 atom stereocenters. The molecule has 94 valence electrons. The number of carbonyl (C=O) groups is 1. The van der Waals surface area contributed by atoms with Gasteiger partial charge >= 0.3 is 0 Å². The van der Waals surface area contributed by atoms with Crippen LogP contribution in [0.5, 0.6) is 0 Å². The summed E-state index contributed by atoms with van der Waals surface area (Å²) in [4.78, 5) is 11.9. The molecule has 0 saturated carbocycles. The molecule has 0 N–H and O–H groups in total. The fraction of sp³-hybridized carbons (Fsp3) is 0.0833. The van der Waals surface area contributed by atoms with Crippen LogP contribution in [-0.2, 0) is 6.42 Å². The lowest BCUT2D eigenvalue weighted by Gasteiger charge is -2.02. The van der Waals surface area contributed by atoms with Crippen LogP contribution in [0.4, 0.5) is 8.78 Å². The number of thiophene rings is 1. The fourth-order valence-corrected chi connectivity index (χ4v) is 2.98. The van der Waals surface area contributed by atoms with E-state index in [1.807, 2.05) is 0 Å². The molecule has 0 bridgehead atoms. The summed E-state index contributed by atoms with van der Waals surface area (Å²) in [6.45, 7) is 0. The topological polar surface area (TPSA) is 17.1 Å². The van der Waals surface area contributed by atoms with Crippen LogP contribution in [0.25, 0.3) is 0 Å². The average molecular weight is 307 g/mol. The van der Waals surface area contributed by atoms with Crippen LogP contribution < -0.4 is 0 Å². The summed E-state index contributed by atoms with van der Waals surface area (Å²) >= 11 is 12.6. The molecule has 1 aromatic carbocycles. The second-order valence-corrected chi connectivity index (χ2v) is 5.86. The molecule has 2 aromatic rings. The predicted octanol–water partition coefficient (Wildman–Crippen LogP) is 4.76. The largest absolute Gasteiger partial charge is 0.294 e. The first-order chi connectivity index (χ1) is 8.47. The maximum Gasteiger partial charge on any atom is 0.169 e. The van der Waals surface area contributed by atoms with Crippen molar-refractivity contribution in [2.24, 2.45) is 0 Å². The van der Waals surface area contributed by atoms with Gasteiger partial charge in [0, 0.05) is 12.0 Å². The monoisotopic (exact) mass is 306 g/mol. The van der Waals surface area contributed by atoms with Crippen LogP contribution in [0.15, 0.2) is 24.3 Å². The van der Waals surface area contributed by atoms with Crippen molar-refractivity contribution >= 4 is 40.3 Å². The van der Waals surface area contributed by atoms with Gasteiger partial charge in [0.25, 0.3) is 0 Å². The van der Waals surface area contributed by atoms with E-state index in [0.29, 0.717) is 4.34 Å². The number of hydrogen-bond acceptors (Lipinski definition) is 2. The summed E-state index contributed by atoms with van der Waals surface area (Å²) in [5, 5.41) is 0. The molecule has 0 aliphatic heterocycles. The van der Waals surface area contributed by atoms with Crippen molar-refractivity contribution in [2.45, 2.75) is 6.42 Å². The molecule has 0 amide bonds. The van der Waals surface area contributed by atoms with Crippen molar-refractivity contribution in [1.29, 1.82) is 0 Å². The van der Waals surface area contributed by atoms with E-state index in [1.165, 1.54) is 6.07 Å². The van der Waals surface area contributed by atoms with Gasteiger partial charge in [-0.3, -0.25) is 4.79 Å². The van der Waals surface area contributed by atoms with Crippen molar-refractivity contribution in [2.75, 3.05) is 0 Å². The van der Waals surface area contributed by atoms with Crippen LogP contribution in [0, 0.1) is 11.6 Å². The third-order valence-electron chi connectivity index (χ3n) is 2.32. The van der Waals surface area contributed by atoms with E-state index in [-0.39, 0.29) is 21.9 Å². The van der Waals surface area contributed by atoms with E-state index in [0.717, 1.165) is 29.5 Å². The van der Waals surface area contributed by atoms with E-state index >= 15 is 0 Å². The van der Waals surface area contributed by atoms with Crippen molar-refractivity contribution in [3.8, 4) is 0 Å². The Balaban J connectivity index is 2.26. The van der Waals surface area contributed by atoms with E-state index < -0.39 is 17.4 Å². The molecule has 1 nitrogen and oxygen atoms in total. The van der Waals surface area contributed by atoms with Gasteiger partial charge in [-0.05, 0) is 29.8 Å². The maximum atomic E-state index is 13.4. The van der Waals surface area contributed by atoms with Gasteiger partial charge in [-0.15, -0.1) is 11.3 Å². The number of hydrogen-bond donors (Lipinski definition) is 0. The Hall–Kier alpha value is -0.970. The molecule has 1 aromatic heterocycles. The summed E-state index contributed by atoms with van der Waals surface area (Å²) in [6, 6.07) is 4.40. The minimum atomic E-state index is -0.623. The molecule has 18 heavy (non-hydrogen) atoms. The number of ketones is 1. The lowest BCUT2D eigenvalue weighted by atomic mass is 10.0. The smallest absolute Gasteiger partial charge is 0.169 e. The number of benzene rings is 1. The number of halogens is 4. The average Bonchev–Trinajstić information content (AvgIpc) is 2.63. The lowest BCUT2D eigenvalue weighted by molar-refractivity contribution is 0.0992. The van der Waals surface area contributed by atoms with Crippen molar-refractivity contribution in [3.63, 3.8) is 0 Å². The molecule has 1 heterocycles.